The first kappa shape index (κ1) is 11.9. The first-order valence-electron chi connectivity index (χ1n) is 5.24. The SMILES string of the molecule is CC(C)NC(O)O[C@@H]1CC[C@H](C)[C@H]1F. The minimum Gasteiger partial charge on any atom is -0.356 e. The van der Waals surface area contributed by atoms with Crippen LogP contribution >= 0.6 is 0 Å². The van der Waals surface area contributed by atoms with E-state index in [-0.39, 0.29) is 12.0 Å². The number of hydrogen-bond acceptors (Lipinski definition) is 3. The third-order valence-corrected chi connectivity index (χ3v) is 2.58. The van der Waals surface area contributed by atoms with Gasteiger partial charge in [-0.25, -0.2) is 4.39 Å². The Morgan fingerprint density at radius 1 is 1.43 bits per heavy atom. The predicted octanol–water partition coefficient (Wildman–Crippen LogP) is 1.41. The molecule has 1 fully saturated rings. The smallest absolute Gasteiger partial charge is 0.214 e. The lowest BCUT2D eigenvalue weighted by atomic mass is 10.1. The van der Waals surface area contributed by atoms with Crippen LogP contribution in [-0.4, -0.2) is 29.8 Å². The molecule has 4 atom stereocenters. The number of aliphatic hydroxyl groups is 1. The van der Waals surface area contributed by atoms with Gasteiger partial charge in [-0.15, -0.1) is 0 Å². The van der Waals surface area contributed by atoms with Crippen molar-refractivity contribution < 1.29 is 14.2 Å². The molecule has 0 spiro atoms. The summed E-state index contributed by atoms with van der Waals surface area (Å²) in [5, 5.41) is 12.2. The summed E-state index contributed by atoms with van der Waals surface area (Å²) < 4.78 is 18.6. The highest BCUT2D eigenvalue weighted by molar-refractivity contribution is 4.83. The molecule has 4 heteroatoms. The number of halogens is 1. The van der Waals surface area contributed by atoms with Crippen LogP contribution in [0, 0.1) is 5.92 Å². The first-order chi connectivity index (χ1) is 6.50. The molecular weight excluding hydrogens is 185 g/mol. The molecule has 0 heterocycles. The van der Waals surface area contributed by atoms with E-state index < -0.39 is 18.7 Å². The summed E-state index contributed by atoms with van der Waals surface area (Å²) >= 11 is 0. The molecular formula is C10H20FNO2. The van der Waals surface area contributed by atoms with E-state index in [4.69, 9.17) is 4.74 Å². The molecule has 14 heavy (non-hydrogen) atoms. The van der Waals surface area contributed by atoms with Crippen molar-refractivity contribution in [1.82, 2.24) is 5.32 Å². The van der Waals surface area contributed by atoms with E-state index in [9.17, 15) is 9.50 Å². The highest BCUT2D eigenvalue weighted by Crippen LogP contribution is 2.30. The molecule has 1 rings (SSSR count). The maximum absolute atomic E-state index is 13.4. The zero-order chi connectivity index (χ0) is 10.7. The minimum atomic E-state index is -1.05. The van der Waals surface area contributed by atoms with E-state index in [1.54, 1.807) is 0 Å². The van der Waals surface area contributed by atoms with Crippen LogP contribution in [0.25, 0.3) is 0 Å². The summed E-state index contributed by atoms with van der Waals surface area (Å²) in [4.78, 5) is 0. The normalized spacial score (nSPS) is 35.1. The largest absolute Gasteiger partial charge is 0.356 e. The summed E-state index contributed by atoms with van der Waals surface area (Å²) in [6.45, 7) is 5.67. The lowest BCUT2D eigenvalue weighted by molar-refractivity contribution is -0.169. The Labute approximate surface area is 84.6 Å². The number of nitrogens with one attached hydrogen (secondary N) is 1. The van der Waals surface area contributed by atoms with Gasteiger partial charge in [0.1, 0.15) is 6.17 Å². The van der Waals surface area contributed by atoms with Gasteiger partial charge in [-0.05, 0) is 32.6 Å². The number of hydrogen-bond donors (Lipinski definition) is 2. The topological polar surface area (TPSA) is 41.5 Å². The van der Waals surface area contributed by atoms with Gasteiger partial charge in [-0.3, -0.25) is 5.32 Å². The molecule has 0 radical (unpaired) electrons. The van der Waals surface area contributed by atoms with Crippen LogP contribution in [0.2, 0.25) is 0 Å². The number of rotatable bonds is 4. The molecule has 0 bridgehead atoms. The van der Waals surface area contributed by atoms with Gasteiger partial charge in [0.05, 0.1) is 6.10 Å². The van der Waals surface area contributed by atoms with Crippen LogP contribution in [-0.2, 0) is 4.74 Å². The van der Waals surface area contributed by atoms with Crippen molar-refractivity contribution in [2.24, 2.45) is 5.92 Å². The number of aliphatic hydroxyl groups excluding tert-OH is 1. The van der Waals surface area contributed by atoms with Crippen molar-refractivity contribution in [1.29, 1.82) is 0 Å². The zero-order valence-electron chi connectivity index (χ0n) is 9.03. The van der Waals surface area contributed by atoms with Crippen LogP contribution in [0.4, 0.5) is 4.39 Å². The van der Waals surface area contributed by atoms with Gasteiger partial charge in [0, 0.05) is 6.04 Å². The molecule has 1 aliphatic rings. The molecule has 2 N–H and O–H groups in total. The lowest BCUT2D eigenvalue weighted by Crippen LogP contribution is -2.40. The molecule has 1 aliphatic carbocycles. The van der Waals surface area contributed by atoms with Crippen LogP contribution in [0.5, 0.6) is 0 Å². The van der Waals surface area contributed by atoms with Crippen molar-refractivity contribution in [3.63, 3.8) is 0 Å². The van der Waals surface area contributed by atoms with Crippen molar-refractivity contribution in [3.8, 4) is 0 Å². The van der Waals surface area contributed by atoms with Crippen LogP contribution in [0.3, 0.4) is 0 Å². The van der Waals surface area contributed by atoms with E-state index in [2.05, 4.69) is 5.32 Å². The summed E-state index contributed by atoms with van der Waals surface area (Å²) in [5.41, 5.74) is 0. The predicted molar refractivity (Wildman–Crippen MR) is 52.4 cm³/mol. The Morgan fingerprint density at radius 3 is 2.50 bits per heavy atom. The molecule has 0 aromatic rings. The monoisotopic (exact) mass is 205 g/mol. The molecule has 3 nitrogen and oxygen atoms in total. The Bertz CT molecular complexity index is 178. The summed E-state index contributed by atoms with van der Waals surface area (Å²) in [6, 6.07) is 0.127. The zero-order valence-corrected chi connectivity index (χ0v) is 9.03. The fourth-order valence-electron chi connectivity index (χ4n) is 1.75. The molecule has 0 amide bonds. The van der Waals surface area contributed by atoms with Crippen LogP contribution in [0.15, 0.2) is 0 Å². The molecule has 0 aromatic carbocycles. The lowest BCUT2D eigenvalue weighted by Gasteiger charge is -2.22. The fourth-order valence-corrected chi connectivity index (χ4v) is 1.75. The highest BCUT2D eigenvalue weighted by atomic mass is 19.1. The summed E-state index contributed by atoms with van der Waals surface area (Å²) in [5.74, 6) is 0.0475. The fraction of sp³-hybridized carbons (Fsp3) is 1.00. The molecule has 0 saturated heterocycles. The van der Waals surface area contributed by atoms with Gasteiger partial charge in [0.2, 0.25) is 6.41 Å². The maximum atomic E-state index is 13.4. The average molecular weight is 205 g/mol. The van der Waals surface area contributed by atoms with E-state index in [1.807, 2.05) is 20.8 Å². The van der Waals surface area contributed by atoms with Crippen LogP contribution in [0.1, 0.15) is 33.6 Å². The molecule has 1 saturated carbocycles. The minimum absolute atomic E-state index is 0.0475. The Morgan fingerprint density at radius 2 is 2.07 bits per heavy atom. The third kappa shape index (κ3) is 3.19. The second kappa shape index (κ2) is 5.05. The Kier molecular flexibility index (Phi) is 4.29. The van der Waals surface area contributed by atoms with Crippen molar-refractivity contribution in [3.05, 3.63) is 0 Å². The van der Waals surface area contributed by atoms with Crippen LogP contribution < -0.4 is 5.32 Å². The highest BCUT2D eigenvalue weighted by Gasteiger charge is 2.35. The molecule has 0 aromatic heterocycles. The first-order valence-corrected chi connectivity index (χ1v) is 5.24. The van der Waals surface area contributed by atoms with Crippen molar-refractivity contribution >= 4 is 0 Å². The number of ether oxygens (including phenoxy) is 1. The third-order valence-electron chi connectivity index (χ3n) is 2.58. The summed E-state index contributed by atoms with van der Waals surface area (Å²) in [7, 11) is 0. The second-order valence-corrected chi connectivity index (χ2v) is 4.35. The maximum Gasteiger partial charge on any atom is 0.214 e. The van der Waals surface area contributed by atoms with Gasteiger partial charge in [-0.1, -0.05) is 6.92 Å². The van der Waals surface area contributed by atoms with Crippen molar-refractivity contribution in [2.75, 3.05) is 0 Å². The summed E-state index contributed by atoms with van der Waals surface area (Å²) in [6.07, 6.45) is -0.923. The van der Waals surface area contributed by atoms with Gasteiger partial charge < -0.3 is 9.84 Å². The van der Waals surface area contributed by atoms with Gasteiger partial charge in [0.25, 0.3) is 0 Å². The van der Waals surface area contributed by atoms with E-state index in [1.165, 1.54) is 0 Å². The van der Waals surface area contributed by atoms with E-state index >= 15 is 0 Å². The Balaban J connectivity index is 2.30. The van der Waals surface area contributed by atoms with Gasteiger partial charge in [0.15, 0.2) is 0 Å². The molecule has 84 valence electrons. The number of alkyl halides is 1. The Hall–Kier alpha value is -0.190. The standard InChI is InChI=1S/C10H20FNO2/c1-6(2)12-10(13)14-8-5-4-7(3)9(8)11/h6-10,12-13H,4-5H2,1-3H3/t7-,8+,9+,10?/m0/s1. The molecule has 1 unspecified atom stereocenters. The van der Waals surface area contributed by atoms with Crippen molar-refractivity contribution in [2.45, 2.75) is 58.3 Å². The van der Waals surface area contributed by atoms with Gasteiger partial charge >= 0.3 is 0 Å². The average Bonchev–Trinajstić information content (AvgIpc) is 2.34. The van der Waals surface area contributed by atoms with Gasteiger partial charge in [-0.2, -0.15) is 0 Å². The van der Waals surface area contributed by atoms with E-state index in [0.29, 0.717) is 6.42 Å². The molecule has 0 aliphatic heterocycles. The van der Waals surface area contributed by atoms with E-state index in [0.717, 1.165) is 6.42 Å². The quantitative estimate of drug-likeness (QED) is 0.682. The second-order valence-electron chi connectivity index (χ2n) is 4.35.